The van der Waals surface area contributed by atoms with E-state index >= 15 is 0 Å². The Morgan fingerprint density at radius 3 is 2.90 bits per heavy atom. The van der Waals surface area contributed by atoms with Crippen molar-refractivity contribution in [2.24, 2.45) is 0 Å². The Morgan fingerprint density at radius 1 is 1.28 bits per heavy atom. The molecule has 3 aromatic rings. The molecule has 1 aliphatic rings. The molecular formula is C20H21Cl2FN4O2. The van der Waals surface area contributed by atoms with Crippen LogP contribution in [0.25, 0.3) is 10.9 Å². The molecule has 2 heterocycles. The van der Waals surface area contributed by atoms with E-state index < -0.39 is 5.82 Å². The summed E-state index contributed by atoms with van der Waals surface area (Å²) in [5.41, 5.74) is 0.893. The molecule has 0 saturated carbocycles. The van der Waals surface area contributed by atoms with Gasteiger partial charge in [-0.05, 0) is 37.6 Å². The van der Waals surface area contributed by atoms with Crippen LogP contribution in [0.1, 0.15) is 12.8 Å². The Hall–Kier alpha value is -2.35. The van der Waals surface area contributed by atoms with Crippen LogP contribution in [-0.4, -0.2) is 36.3 Å². The number of rotatable bonds is 6. The first-order valence-electron chi connectivity index (χ1n) is 9.05. The number of ether oxygens (including phenoxy) is 2. The lowest BCUT2D eigenvalue weighted by atomic mass is 10.2. The molecule has 4 rings (SSSR count). The number of nitrogens with one attached hydrogen (secondary N) is 2. The summed E-state index contributed by atoms with van der Waals surface area (Å²) in [4.78, 5) is 8.56. The lowest BCUT2D eigenvalue weighted by molar-refractivity contribution is 0.263. The normalized spacial score (nSPS) is 15.8. The summed E-state index contributed by atoms with van der Waals surface area (Å²) in [5, 5.41) is 7.13. The highest BCUT2D eigenvalue weighted by molar-refractivity contribution is 6.31. The maximum absolute atomic E-state index is 14.3. The summed E-state index contributed by atoms with van der Waals surface area (Å²) in [7, 11) is 1.59. The van der Waals surface area contributed by atoms with Crippen molar-refractivity contribution in [3.8, 4) is 11.5 Å². The van der Waals surface area contributed by atoms with Gasteiger partial charge < -0.3 is 20.1 Å². The molecule has 2 aromatic carbocycles. The van der Waals surface area contributed by atoms with Crippen molar-refractivity contribution < 1.29 is 13.9 Å². The van der Waals surface area contributed by atoms with Gasteiger partial charge in [-0.15, -0.1) is 12.4 Å². The zero-order valence-electron chi connectivity index (χ0n) is 15.7. The van der Waals surface area contributed by atoms with Crippen molar-refractivity contribution in [3.05, 3.63) is 47.5 Å². The van der Waals surface area contributed by atoms with Crippen LogP contribution in [0.5, 0.6) is 11.5 Å². The largest absolute Gasteiger partial charge is 0.493 e. The summed E-state index contributed by atoms with van der Waals surface area (Å²) < 4.78 is 25.7. The first-order valence-corrected chi connectivity index (χ1v) is 9.43. The number of hydrogen-bond donors (Lipinski definition) is 2. The number of methoxy groups -OCH3 is 1. The van der Waals surface area contributed by atoms with Crippen molar-refractivity contribution >= 4 is 46.4 Å². The highest BCUT2D eigenvalue weighted by atomic mass is 35.5. The molecule has 1 aliphatic heterocycles. The summed E-state index contributed by atoms with van der Waals surface area (Å²) in [5.74, 6) is 1.10. The molecule has 0 aliphatic carbocycles. The Labute approximate surface area is 179 Å². The van der Waals surface area contributed by atoms with Gasteiger partial charge in [0.1, 0.15) is 18.8 Å². The average molecular weight is 439 g/mol. The van der Waals surface area contributed by atoms with E-state index in [1.165, 1.54) is 12.4 Å². The molecule has 2 N–H and O–H groups in total. The van der Waals surface area contributed by atoms with Gasteiger partial charge in [0.15, 0.2) is 17.3 Å². The highest BCUT2D eigenvalue weighted by Gasteiger charge is 2.17. The Bertz CT molecular complexity index is 1000. The zero-order chi connectivity index (χ0) is 19.5. The topological polar surface area (TPSA) is 68.3 Å². The van der Waals surface area contributed by atoms with Crippen LogP contribution in [0.3, 0.4) is 0 Å². The second-order valence-corrected chi connectivity index (χ2v) is 6.98. The molecule has 0 unspecified atom stereocenters. The number of anilines is 2. The van der Waals surface area contributed by atoms with Crippen LogP contribution in [0.2, 0.25) is 5.02 Å². The van der Waals surface area contributed by atoms with Crippen molar-refractivity contribution in [3.63, 3.8) is 0 Å². The lowest BCUT2D eigenvalue weighted by Crippen LogP contribution is -2.28. The number of aromatic nitrogens is 2. The molecule has 0 radical (unpaired) electrons. The minimum absolute atomic E-state index is 0. The fraction of sp³-hybridized carbons (Fsp3) is 0.300. The van der Waals surface area contributed by atoms with Gasteiger partial charge in [0.25, 0.3) is 0 Å². The third kappa shape index (κ3) is 4.63. The molecular weight excluding hydrogens is 418 g/mol. The van der Waals surface area contributed by atoms with Crippen LogP contribution in [0.15, 0.2) is 36.7 Å². The van der Waals surface area contributed by atoms with Crippen LogP contribution >= 0.6 is 24.0 Å². The Morgan fingerprint density at radius 2 is 2.14 bits per heavy atom. The molecule has 0 spiro atoms. The zero-order valence-corrected chi connectivity index (χ0v) is 17.3. The van der Waals surface area contributed by atoms with Gasteiger partial charge in [-0.2, -0.15) is 0 Å². The second kappa shape index (κ2) is 9.43. The predicted molar refractivity (Wildman–Crippen MR) is 115 cm³/mol. The van der Waals surface area contributed by atoms with E-state index in [1.54, 1.807) is 25.3 Å². The lowest BCUT2D eigenvalue weighted by Gasteiger charge is -2.16. The number of nitrogens with zero attached hydrogens (tertiary/aromatic N) is 2. The van der Waals surface area contributed by atoms with Crippen LogP contribution in [-0.2, 0) is 0 Å². The van der Waals surface area contributed by atoms with Gasteiger partial charge >= 0.3 is 0 Å². The highest BCUT2D eigenvalue weighted by Crippen LogP contribution is 2.35. The molecule has 1 fully saturated rings. The number of fused-ring (bicyclic) bond motifs is 1. The van der Waals surface area contributed by atoms with Crippen molar-refractivity contribution in [2.45, 2.75) is 18.9 Å². The first-order chi connectivity index (χ1) is 13.7. The first kappa shape index (κ1) is 21.4. The third-order valence-corrected chi connectivity index (χ3v) is 5.02. The minimum atomic E-state index is -0.534. The molecule has 1 aromatic heterocycles. The molecule has 1 saturated heterocycles. The number of halogens is 3. The average Bonchev–Trinajstić information content (AvgIpc) is 3.23. The summed E-state index contributed by atoms with van der Waals surface area (Å²) in [6.07, 6.45) is 3.64. The van der Waals surface area contributed by atoms with Crippen LogP contribution < -0.4 is 20.1 Å². The van der Waals surface area contributed by atoms with E-state index in [0.717, 1.165) is 19.4 Å². The van der Waals surface area contributed by atoms with Crippen LogP contribution in [0.4, 0.5) is 15.9 Å². The summed E-state index contributed by atoms with van der Waals surface area (Å²) in [6.45, 7) is 1.55. The van der Waals surface area contributed by atoms with Gasteiger partial charge in [0.05, 0.1) is 23.3 Å². The van der Waals surface area contributed by atoms with Crippen molar-refractivity contribution in [2.75, 3.05) is 25.6 Å². The molecule has 1 atom stereocenters. The number of hydrogen-bond acceptors (Lipinski definition) is 6. The van der Waals surface area contributed by atoms with Crippen LogP contribution in [0, 0.1) is 5.82 Å². The molecule has 6 nitrogen and oxygen atoms in total. The number of benzene rings is 2. The predicted octanol–water partition coefficient (Wildman–Crippen LogP) is 4.73. The fourth-order valence-corrected chi connectivity index (χ4v) is 3.43. The van der Waals surface area contributed by atoms with Gasteiger partial charge in [0.2, 0.25) is 0 Å². The quantitative estimate of drug-likeness (QED) is 0.579. The SMILES string of the molecule is COc1cc2ncnc(Nc3cccc(Cl)c3F)c2cc1OC[C@@H]1CCCN1.Cl. The maximum atomic E-state index is 14.3. The van der Waals surface area contributed by atoms with E-state index in [-0.39, 0.29) is 23.1 Å². The summed E-state index contributed by atoms with van der Waals surface area (Å²) in [6, 6.07) is 8.69. The molecule has 154 valence electrons. The maximum Gasteiger partial charge on any atom is 0.165 e. The smallest absolute Gasteiger partial charge is 0.165 e. The van der Waals surface area contributed by atoms with E-state index in [4.69, 9.17) is 21.1 Å². The third-order valence-electron chi connectivity index (χ3n) is 4.73. The van der Waals surface area contributed by atoms with E-state index in [0.29, 0.717) is 40.9 Å². The molecule has 0 bridgehead atoms. The van der Waals surface area contributed by atoms with E-state index in [1.807, 2.05) is 6.07 Å². The van der Waals surface area contributed by atoms with Gasteiger partial charge in [-0.3, -0.25) is 0 Å². The molecule has 9 heteroatoms. The van der Waals surface area contributed by atoms with Gasteiger partial charge in [-0.25, -0.2) is 14.4 Å². The van der Waals surface area contributed by atoms with E-state index in [9.17, 15) is 4.39 Å². The minimum Gasteiger partial charge on any atom is -0.493 e. The summed E-state index contributed by atoms with van der Waals surface area (Å²) >= 11 is 5.88. The second-order valence-electron chi connectivity index (χ2n) is 6.57. The van der Waals surface area contributed by atoms with Crippen molar-refractivity contribution in [1.29, 1.82) is 0 Å². The van der Waals surface area contributed by atoms with Gasteiger partial charge in [-0.1, -0.05) is 17.7 Å². The molecule has 29 heavy (non-hydrogen) atoms. The van der Waals surface area contributed by atoms with Crippen molar-refractivity contribution in [1.82, 2.24) is 15.3 Å². The van der Waals surface area contributed by atoms with Gasteiger partial charge in [0, 0.05) is 17.5 Å². The molecule has 0 amide bonds. The fourth-order valence-electron chi connectivity index (χ4n) is 3.25. The Balaban J connectivity index is 0.00000240. The monoisotopic (exact) mass is 438 g/mol. The Kier molecular flexibility index (Phi) is 6.95. The van der Waals surface area contributed by atoms with E-state index in [2.05, 4.69) is 20.6 Å². The standard InChI is InChI=1S/C20H20ClFN4O2.ClH/c1-27-17-9-16-13(8-18(17)28-10-12-4-3-7-23-12)20(25-11-24-16)26-15-6-2-5-14(21)19(15)22;/h2,5-6,8-9,11-12,23H,3-4,7,10H2,1H3,(H,24,25,26);1H/t12-;/m0./s1.